The first-order valence-electron chi connectivity index (χ1n) is 10.1. The molecule has 1 amide bonds. The normalized spacial score (nSPS) is 19.6. The van der Waals surface area contributed by atoms with E-state index >= 15 is 0 Å². The molecule has 1 aromatic carbocycles. The molecule has 0 spiro atoms. The van der Waals surface area contributed by atoms with Crippen molar-refractivity contribution in [1.29, 1.82) is 5.26 Å². The van der Waals surface area contributed by atoms with Gasteiger partial charge in [-0.15, -0.1) is 0 Å². The molecule has 2 atom stereocenters. The van der Waals surface area contributed by atoms with Crippen molar-refractivity contribution < 1.29 is 4.79 Å². The Bertz CT molecular complexity index is 1240. The first kappa shape index (κ1) is 18.3. The molecule has 6 heteroatoms. The van der Waals surface area contributed by atoms with Gasteiger partial charge in [-0.2, -0.15) is 5.26 Å². The minimum Gasteiger partial charge on any atom is -0.338 e. The van der Waals surface area contributed by atoms with Crippen LogP contribution in [0.4, 0.5) is 0 Å². The third-order valence-corrected chi connectivity index (χ3v) is 6.08. The molecule has 2 aliphatic rings. The number of carbonyl (C=O) groups is 1. The number of fused-ring (bicyclic) bond motifs is 4. The van der Waals surface area contributed by atoms with Crippen LogP contribution in [0.2, 0.25) is 0 Å². The van der Waals surface area contributed by atoms with Gasteiger partial charge in [0.05, 0.1) is 11.3 Å². The van der Waals surface area contributed by atoms with Crippen LogP contribution in [0, 0.1) is 17.2 Å². The van der Waals surface area contributed by atoms with Crippen molar-refractivity contribution in [3.63, 3.8) is 0 Å². The molecule has 0 radical (unpaired) electrons. The molecule has 3 aromatic rings. The molecule has 0 N–H and O–H groups in total. The van der Waals surface area contributed by atoms with E-state index < -0.39 is 0 Å². The van der Waals surface area contributed by atoms with Crippen LogP contribution in [-0.4, -0.2) is 33.4 Å². The van der Waals surface area contributed by atoms with Crippen LogP contribution in [0.1, 0.15) is 34.0 Å². The van der Waals surface area contributed by atoms with Crippen LogP contribution >= 0.6 is 0 Å². The molecule has 4 heterocycles. The summed E-state index contributed by atoms with van der Waals surface area (Å²) in [5, 5.41) is 9.36. The average molecular weight is 396 g/mol. The van der Waals surface area contributed by atoms with Gasteiger partial charge in [0.25, 0.3) is 11.5 Å². The fourth-order valence-corrected chi connectivity index (χ4v) is 4.77. The number of aromatic nitrogens is 2. The van der Waals surface area contributed by atoms with Crippen molar-refractivity contribution in [2.45, 2.75) is 18.9 Å². The SMILES string of the molecule is N#Cc1cccnc1-c1cccc(C(=O)N2C[C@@H]3C[C@H](C2)c2cccc(=O)n2C3)c1. The van der Waals surface area contributed by atoms with E-state index in [1.807, 2.05) is 39.8 Å². The minimum atomic E-state index is -0.0206. The van der Waals surface area contributed by atoms with Crippen molar-refractivity contribution in [2.24, 2.45) is 5.92 Å². The van der Waals surface area contributed by atoms with Crippen molar-refractivity contribution in [2.75, 3.05) is 13.1 Å². The number of hydrogen-bond donors (Lipinski definition) is 0. The first-order valence-corrected chi connectivity index (χ1v) is 10.1. The van der Waals surface area contributed by atoms with Gasteiger partial charge in [0.15, 0.2) is 0 Å². The van der Waals surface area contributed by atoms with Gasteiger partial charge in [0, 0.05) is 54.6 Å². The third-order valence-electron chi connectivity index (χ3n) is 6.08. The van der Waals surface area contributed by atoms with E-state index in [1.165, 1.54) is 0 Å². The summed E-state index contributed by atoms with van der Waals surface area (Å²) in [4.78, 5) is 31.8. The lowest BCUT2D eigenvalue weighted by Gasteiger charge is -2.42. The zero-order valence-corrected chi connectivity index (χ0v) is 16.4. The summed E-state index contributed by atoms with van der Waals surface area (Å²) in [6, 6.07) is 18.3. The smallest absolute Gasteiger partial charge is 0.253 e. The van der Waals surface area contributed by atoms with Gasteiger partial charge in [0.2, 0.25) is 0 Å². The van der Waals surface area contributed by atoms with E-state index in [4.69, 9.17) is 0 Å². The Morgan fingerprint density at radius 1 is 1.07 bits per heavy atom. The second-order valence-corrected chi connectivity index (χ2v) is 8.00. The largest absolute Gasteiger partial charge is 0.338 e. The van der Waals surface area contributed by atoms with Crippen LogP contribution in [0.25, 0.3) is 11.3 Å². The zero-order valence-electron chi connectivity index (χ0n) is 16.4. The summed E-state index contributed by atoms with van der Waals surface area (Å²) in [5.41, 5.74) is 3.48. The Labute approximate surface area is 174 Å². The Morgan fingerprint density at radius 3 is 2.80 bits per heavy atom. The number of carbonyl (C=O) groups excluding carboxylic acids is 1. The molecule has 6 nitrogen and oxygen atoms in total. The summed E-state index contributed by atoms with van der Waals surface area (Å²) in [6.45, 7) is 1.91. The predicted molar refractivity (Wildman–Crippen MR) is 112 cm³/mol. The van der Waals surface area contributed by atoms with Gasteiger partial charge in [-0.1, -0.05) is 18.2 Å². The summed E-state index contributed by atoms with van der Waals surface area (Å²) >= 11 is 0. The number of rotatable bonds is 2. The van der Waals surface area contributed by atoms with Gasteiger partial charge < -0.3 is 9.47 Å². The fourth-order valence-electron chi connectivity index (χ4n) is 4.77. The number of amides is 1. The molecule has 0 saturated carbocycles. The zero-order chi connectivity index (χ0) is 20.7. The molecule has 2 aromatic heterocycles. The van der Waals surface area contributed by atoms with E-state index in [-0.39, 0.29) is 23.3 Å². The number of nitriles is 1. The molecular weight excluding hydrogens is 376 g/mol. The van der Waals surface area contributed by atoms with Crippen molar-refractivity contribution in [3.8, 4) is 17.3 Å². The summed E-state index contributed by atoms with van der Waals surface area (Å²) in [6.07, 6.45) is 2.66. The molecule has 1 saturated heterocycles. The van der Waals surface area contributed by atoms with Crippen molar-refractivity contribution in [3.05, 3.63) is 88.0 Å². The van der Waals surface area contributed by atoms with E-state index in [0.29, 0.717) is 36.5 Å². The maximum atomic E-state index is 13.3. The second kappa shape index (κ2) is 7.27. The molecule has 2 aliphatic heterocycles. The highest BCUT2D eigenvalue weighted by atomic mass is 16.2. The van der Waals surface area contributed by atoms with Gasteiger partial charge in [-0.05, 0) is 42.7 Å². The Balaban J connectivity index is 1.44. The quantitative estimate of drug-likeness (QED) is 0.667. The fraction of sp³-hybridized carbons (Fsp3) is 0.250. The van der Waals surface area contributed by atoms with Crippen LogP contribution < -0.4 is 5.56 Å². The van der Waals surface area contributed by atoms with Gasteiger partial charge >= 0.3 is 0 Å². The molecular formula is C24H20N4O2. The molecule has 1 fully saturated rings. The molecule has 0 aliphatic carbocycles. The molecule has 5 rings (SSSR count). The number of hydrogen-bond acceptors (Lipinski definition) is 4. The van der Waals surface area contributed by atoms with Crippen LogP contribution in [0.5, 0.6) is 0 Å². The summed E-state index contributed by atoms with van der Waals surface area (Å²) in [7, 11) is 0. The maximum absolute atomic E-state index is 13.3. The van der Waals surface area contributed by atoms with E-state index in [0.717, 1.165) is 17.7 Å². The lowest BCUT2D eigenvalue weighted by atomic mass is 9.83. The molecule has 30 heavy (non-hydrogen) atoms. The second-order valence-electron chi connectivity index (χ2n) is 8.00. The number of pyridine rings is 2. The van der Waals surface area contributed by atoms with E-state index in [1.54, 1.807) is 30.5 Å². The van der Waals surface area contributed by atoms with Gasteiger partial charge in [-0.3, -0.25) is 14.6 Å². The van der Waals surface area contributed by atoms with E-state index in [2.05, 4.69) is 11.1 Å². The Morgan fingerprint density at radius 2 is 1.93 bits per heavy atom. The van der Waals surface area contributed by atoms with Crippen LogP contribution in [0.15, 0.2) is 65.6 Å². The number of piperidine rings is 1. The third kappa shape index (κ3) is 3.09. The predicted octanol–water partition coefficient (Wildman–Crippen LogP) is 3.04. The summed E-state index contributed by atoms with van der Waals surface area (Å²) in [5.74, 6) is 0.441. The number of benzene rings is 1. The molecule has 2 bridgehead atoms. The monoisotopic (exact) mass is 396 g/mol. The minimum absolute atomic E-state index is 0.0206. The standard InChI is InChI=1S/C24H20N4O2/c25-12-19-6-3-9-26-23(19)17-4-1-5-18(11-17)24(30)27-13-16-10-20(15-27)21-7-2-8-22(29)28(21)14-16/h1-9,11,16,20H,10,13-15H2/t16-,20+/m0/s1. The average Bonchev–Trinajstić information content (AvgIpc) is 2.79. The number of likely N-dealkylation sites (tertiary alicyclic amines) is 1. The van der Waals surface area contributed by atoms with Crippen LogP contribution in [-0.2, 0) is 6.54 Å². The van der Waals surface area contributed by atoms with Gasteiger partial charge in [0.1, 0.15) is 6.07 Å². The highest BCUT2D eigenvalue weighted by Crippen LogP contribution is 2.35. The lowest BCUT2D eigenvalue weighted by molar-refractivity contribution is 0.0594. The Kier molecular flexibility index (Phi) is 4.44. The highest BCUT2D eigenvalue weighted by Gasteiger charge is 2.36. The lowest BCUT2D eigenvalue weighted by Crippen LogP contribution is -2.49. The molecule has 0 unspecified atom stereocenters. The molecule has 148 valence electrons. The van der Waals surface area contributed by atoms with Crippen molar-refractivity contribution in [1.82, 2.24) is 14.5 Å². The van der Waals surface area contributed by atoms with Crippen molar-refractivity contribution >= 4 is 5.91 Å². The van der Waals surface area contributed by atoms with E-state index in [9.17, 15) is 14.9 Å². The topological polar surface area (TPSA) is 79.0 Å². The first-order chi connectivity index (χ1) is 14.6. The Hall–Kier alpha value is -3.72. The van der Waals surface area contributed by atoms with Crippen LogP contribution in [0.3, 0.4) is 0 Å². The highest BCUT2D eigenvalue weighted by molar-refractivity contribution is 5.95. The maximum Gasteiger partial charge on any atom is 0.253 e. The summed E-state index contributed by atoms with van der Waals surface area (Å²) < 4.78 is 1.87. The number of nitrogens with zero attached hydrogens (tertiary/aromatic N) is 4. The van der Waals surface area contributed by atoms with Gasteiger partial charge in [-0.25, -0.2) is 0 Å².